The van der Waals surface area contributed by atoms with Gasteiger partial charge in [-0.1, -0.05) is 6.07 Å². The predicted octanol–water partition coefficient (Wildman–Crippen LogP) is 2.80. The Morgan fingerprint density at radius 1 is 1.38 bits per heavy atom. The Balaban J connectivity index is 3.04. The fraction of sp³-hybridized carbons (Fsp3) is 0.364. The quantitative estimate of drug-likeness (QED) is 0.766. The molecule has 1 amide bonds. The van der Waals surface area contributed by atoms with Crippen molar-refractivity contribution >= 4 is 5.91 Å². The first-order valence-electron chi connectivity index (χ1n) is 4.79. The molecule has 0 spiro atoms. The average molecular weight is 231 g/mol. The number of carbonyl (C=O) groups is 1. The average Bonchev–Trinajstić information content (AvgIpc) is 2.26. The molecule has 0 radical (unpaired) electrons. The summed E-state index contributed by atoms with van der Waals surface area (Å²) in [5.74, 6) is -0.409. The number of nitrogens with zero attached hydrogens (tertiary/aromatic N) is 1. The molecule has 0 bridgehead atoms. The highest BCUT2D eigenvalue weighted by Crippen LogP contribution is 2.29. The highest BCUT2D eigenvalue weighted by atomic mass is 19.4. The second kappa shape index (κ2) is 4.55. The molecule has 1 aromatic carbocycles. The molecule has 1 rings (SSSR count). The summed E-state index contributed by atoms with van der Waals surface area (Å²) >= 11 is 0. The molecule has 0 fully saturated rings. The van der Waals surface area contributed by atoms with Crippen molar-refractivity contribution in [3.63, 3.8) is 0 Å². The van der Waals surface area contributed by atoms with E-state index in [0.717, 1.165) is 12.1 Å². The zero-order valence-corrected chi connectivity index (χ0v) is 9.01. The lowest BCUT2D eigenvalue weighted by Crippen LogP contribution is -2.26. The van der Waals surface area contributed by atoms with Crippen LogP contribution < -0.4 is 0 Å². The first-order chi connectivity index (χ1) is 7.36. The van der Waals surface area contributed by atoms with E-state index in [-0.39, 0.29) is 5.56 Å². The zero-order valence-electron chi connectivity index (χ0n) is 9.01. The molecule has 0 aromatic heterocycles. The third kappa shape index (κ3) is 2.74. The number of carbonyl (C=O) groups excluding carboxylic acids is 1. The van der Waals surface area contributed by atoms with Gasteiger partial charge in [0, 0.05) is 19.2 Å². The molecule has 2 nitrogen and oxygen atoms in total. The Kier molecular flexibility index (Phi) is 3.57. The summed E-state index contributed by atoms with van der Waals surface area (Å²) in [5.41, 5.74) is -0.748. The number of hydrogen-bond acceptors (Lipinski definition) is 1. The van der Waals surface area contributed by atoms with Crippen LogP contribution in [0.15, 0.2) is 24.3 Å². The number of alkyl halides is 3. The predicted molar refractivity (Wildman–Crippen MR) is 54.1 cm³/mol. The van der Waals surface area contributed by atoms with Crippen molar-refractivity contribution in [3.8, 4) is 0 Å². The maximum Gasteiger partial charge on any atom is 0.416 e. The van der Waals surface area contributed by atoms with Crippen molar-refractivity contribution < 1.29 is 18.0 Å². The summed E-state index contributed by atoms with van der Waals surface area (Å²) in [6, 6.07) is 4.43. The molecule has 0 unspecified atom stereocenters. The molecule has 0 atom stereocenters. The lowest BCUT2D eigenvalue weighted by Gasteiger charge is -2.15. The Bertz CT molecular complexity index is 387. The maximum absolute atomic E-state index is 12.4. The molecule has 0 N–H and O–H groups in total. The van der Waals surface area contributed by atoms with Crippen molar-refractivity contribution in [3.05, 3.63) is 35.4 Å². The molecule has 0 heterocycles. The largest absolute Gasteiger partial charge is 0.416 e. The maximum atomic E-state index is 12.4. The third-order valence-corrected chi connectivity index (χ3v) is 2.26. The molecule has 5 heteroatoms. The SMILES string of the molecule is CCN(C)C(=O)c1cccc(C(F)(F)F)c1. The Morgan fingerprint density at radius 2 is 2.00 bits per heavy atom. The summed E-state index contributed by atoms with van der Waals surface area (Å²) in [6.45, 7) is 2.21. The van der Waals surface area contributed by atoms with Crippen molar-refractivity contribution in [2.45, 2.75) is 13.1 Å². The summed E-state index contributed by atoms with van der Waals surface area (Å²) in [7, 11) is 1.54. The standard InChI is InChI=1S/C11H12F3NO/c1-3-15(2)10(16)8-5-4-6-9(7-8)11(12,13)14/h4-7H,3H2,1-2H3. The molecule has 0 aliphatic rings. The fourth-order valence-corrected chi connectivity index (χ4v) is 1.19. The fourth-order valence-electron chi connectivity index (χ4n) is 1.19. The van der Waals surface area contributed by atoms with Crippen LogP contribution in [0.4, 0.5) is 13.2 Å². The summed E-state index contributed by atoms with van der Waals surface area (Å²) < 4.78 is 37.2. The Hall–Kier alpha value is -1.52. The van der Waals surface area contributed by atoms with Crippen molar-refractivity contribution in [1.29, 1.82) is 0 Å². The molecule has 0 aliphatic carbocycles. The topological polar surface area (TPSA) is 20.3 Å². The van der Waals surface area contributed by atoms with E-state index < -0.39 is 17.6 Å². The van der Waals surface area contributed by atoms with Gasteiger partial charge in [-0.05, 0) is 25.1 Å². The van der Waals surface area contributed by atoms with Crippen LogP contribution in [0, 0.1) is 0 Å². The highest BCUT2D eigenvalue weighted by molar-refractivity contribution is 5.94. The Morgan fingerprint density at radius 3 is 2.50 bits per heavy atom. The third-order valence-electron chi connectivity index (χ3n) is 2.26. The Labute approximate surface area is 91.7 Å². The van der Waals surface area contributed by atoms with Gasteiger partial charge in [-0.15, -0.1) is 0 Å². The minimum Gasteiger partial charge on any atom is -0.342 e. The smallest absolute Gasteiger partial charge is 0.342 e. The van der Waals surface area contributed by atoms with E-state index in [9.17, 15) is 18.0 Å². The van der Waals surface area contributed by atoms with Gasteiger partial charge in [-0.3, -0.25) is 4.79 Å². The van der Waals surface area contributed by atoms with Gasteiger partial charge in [-0.2, -0.15) is 13.2 Å². The summed E-state index contributed by atoms with van der Waals surface area (Å²) in [5, 5.41) is 0. The first-order valence-corrected chi connectivity index (χ1v) is 4.79. The van der Waals surface area contributed by atoms with Crippen molar-refractivity contribution in [1.82, 2.24) is 4.90 Å². The van der Waals surface area contributed by atoms with Gasteiger partial charge >= 0.3 is 6.18 Å². The second-order valence-electron chi connectivity index (χ2n) is 3.40. The van der Waals surface area contributed by atoms with E-state index in [4.69, 9.17) is 0 Å². The molecular formula is C11H12F3NO. The van der Waals surface area contributed by atoms with Crippen LogP contribution >= 0.6 is 0 Å². The minimum atomic E-state index is -4.42. The van der Waals surface area contributed by atoms with Crippen LogP contribution in [0.1, 0.15) is 22.8 Å². The van der Waals surface area contributed by atoms with Gasteiger partial charge in [0.05, 0.1) is 5.56 Å². The number of halogens is 3. The second-order valence-corrected chi connectivity index (χ2v) is 3.40. The normalized spacial score (nSPS) is 11.3. The molecule has 0 saturated heterocycles. The van der Waals surface area contributed by atoms with Crippen LogP contribution in [-0.2, 0) is 6.18 Å². The van der Waals surface area contributed by atoms with Crippen LogP contribution in [0.25, 0.3) is 0 Å². The number of hydrogen-bond donors (Lipinski definition) is 0. The molecule has 16 heavy (non-hydrogen) atoms. The molecule has 0 aliphatic heterocycles. The molecule has 0 saturated carbocycles. The van der Waals surface area contributed by atoms with Crippen LogP contribution in [0.5, 0.6) is 0 Å². The van der Waals surface area contributed by atoms with Crippen LogP contribution in [0.3, 0.4) is 0 Å². The van der Waals surface area contributed by atoms with Crippen molar-refractivity contribution in [2.75, 3.05) is 13.6 Å². The molecule has 88 valence electrons. The highest BCUT2D eigenvalue weighted by Gasteiger charge is 2.31. The van der Waals surface area contributed by atoms with E-state index in [1.807, 2.05) is 0 Å². The van der Waals surface area contributed by atoms with Gasteiger partial charge in [0.25, 0.3) is 5.91 Å². The van der Waals surface area contributed by atoms with E-state index in [1.54, 1.807) is 14.0 Å². The molecular weight excluding hydrogens is 219 g/mol. The van der Waals surface area contributed by atoms with Gasteiger partial charge in [0.15, 0.2) is 0 Å². The minimum absolute atomic E-state index is 0.0548. The van der Waals surface area contributed by atoms with E-state index in [1.165, 1.54) is 17.0 Å². The summed E-state index contributed by atoms with van der Waals surface area (Å²) in [4.78, 5) is 13.0. The molecule has 1 aromatic rings. The van der Waals surface area contributed by atoms with Gasteiger partial charge < -0.3 is 4.90 Å². The number of benzene rings is 1. The van der Waals surface area contributed by atoms with Gasteiger partial charge in [0.1, 0.15) is 0 Å². The van der Waals surface area contributed by atoms with Crippen LogP contribution in [0.2, 0.25) is 0 Å². The lowest BCUT2D eigenvalue weighted by atomic mass is 10.1. The van der Waals surface area contributed by atoms with Gasteiger partial charge in [-0.25, -0.2) is 0 Å². The van der Waals surface area contributed by atoms with E-state index >= 15 is 0 Å². The van der Waals surface area contributed by atoms with E-state index in [2.05, 4.69) is 0 Å². The summed E-state index contributed by atoms with van der Waals surface area (Å²) in [6.07, 6.45) is -4.42. The van der Waals surface area contributed by atoms with Crippen molar-refractivity contribution in [2.24, 2.45) is 0 Å². The van der Waals surface area contributed by atoms with Gasteiger partial charge in [0.2, 0.25) is 0 Å². The first kappa shape index (κ1) is 12.5. The number of amides is 1. The monoisotopic (exact) mass is 231 g/mol. The number of rotatable bonds is 2. The van der Waals surface area contributed by atoms with Crippen LogP contribution in [-0.4, -0.2) is 24.4 Å². The lowest BCUT2D eigenvalue weighted by molar-refractivity contribution is -0.137. The van der Waals surface area contributed by atoms with E-state index in [0.29, 0.717) is 6.54 Å². The zero-order chi connectivity index (χ0) is 12.3.